The van der Waals surface area contributed by atoms with E-state index in [1.165, 1.54) is 25.3 Å². The van der Waals surface area contributed by atoms with Gasteiger partial charge in [-0.1, -0.05) is 25.3 Å². The molecule has 0 aliphatic heterocycles. The molecule has 1 amide bonds. The van der Waals surface area contributed by atoms with Crippen LogP contribution in [0.5, 0.6) is 0 Å². The van der Waals surface area contributed by atoms with Crippen LogP contribution in [-0.4, -0.2) is 38.7 Å². The van der Waals surface area contributed by atoms with Crippen LogP contribution in [0.15, 0.2) is 29.2 Å². The van der Waals surface area contributed by atoms with Crippen molar-refractivity contribution in [1.29, 1.82) is 0 Å². The first-order valence-corrected chi connectivity index (χ1v) is 12.7. The quantitative estimate of drug-likeness (QED) is 0.643. The van der Waals surface area contributed by atoms with Crippen molar-refractivity contribution in [2.75, 3.05) is 12.3 Å². The maximum absolute atomic E-state index is 12.9. The molecule has 2 N–H and O–H groups in total. The van der Waals surface area contributed by atoms with Crippen LogP contribution in [0.4, 0.5) is 13.2 Å². The predicted octanol–water partition coefficient (Wildman–Crippen LogP) is 4.08. The Morgan fingerprint density at radius 2 is 1.65 bits per heavy atom. The normalized spacial score (nSPS) is 23.5. The molecule has 0 bridgehead atoms. The Morgan fingerprint density at radius 1 is 0.968 bits per heavy atom. The van der Waals surface area contributed by atoms with Crippen molar-refractivity contribution in [2.24, 2.45) is 5.92 Å². The lowest BCUT2D eigenvalue weighted by Gasteiger charge is -2.29. The molecule has 1 aromatic carbocycles. The van der Waals surface area contributed by atoms with Gasteiger partial charge in [0.1, 0.15) is 0 Å². The lowest BCUT2D eigenvalue weighted by molar-refractivity contribution is -0.137. The highest BCUT2D eigenvalue weighted by Gasteiger charge is 2.33. The van der Waals surface area contributed by atoms with E-state index in [1.54, 1.807) is 0 Å². The van der Waals surface area contributed by atoms with Gasteiger partial charge in [-0.2, -0.15) is 13.2 Å². The second kappa shape index (κ2) is 10.3. The molecule has 2 aliphatic carbocycles. The number of nitrogens with one attached hydrogen (secondary N) is 2. The van der Waals surface area contributed by atoms with Crippen LogP contribution in [0.25, 0.3) is 0 Å². The number of amides is 1. The van der Waals surface area contributed by atoms with Crippen LogP contribution in [0.2, 0.25) is 0 Å². The highest BCUT2D eigenvalue weighted by molar-refractivity contribution is 7.91. The lowest BCUT2D eigenvalue weighted by atomic mass is 9.87. The third-order valence-electron chi connectivity index (χ3n) is 6.34. The first-order valence-electron chi connectivity index (χ1n) is 11.1. The molecule has 0 radical (unpaired) electrons. The average Bonchev–Trinajstić information content (AvgIpc) is 2.74. The second-order valence-corrected chi connectivity index (χ2v) is 10.8. The molecule has 2 saturated carbocycles. The van der Waals surface area contributed by atoms with Gasteiger partial charge in [0.15, 0.2) is 9.84 Å². The number of rotatable bonds is 7. The Labute approximate surface area is 182 Å². The van der Waals surface area contributed by atoms with E-state index in [0.29, 0.717) is 44.3 Å². The maximum Gasteiger partial charge on any atom is 0.416 e. The summed E-state index contributed by atoms with van der Waals surface area (Å²) in [5, 5.41) is 6.33. The summed E-state index contributed by atoms with van der Waals surface area (Å²) in [6, 6.07) is 4.36. The number of carbonyl (C=O) groups is 1. The smallest absolute Gasteiger partial charge is 0.352 e. The minimum Gasteiger partial charge on any atom is -0.352 e. The summed E-state index contributed by atoms with van der Waals surface area (Å²) in [5.74, 6) is -0.322. The SMILES string of the molecule is O=C(CNC1CCCCC1)N[C@H]1CC[C@H](CS(=O)(=O)c2cccc(C(F)(F)F)c2)CC1. The summed E-state index contributed by atoms with van der Waals surface area (Å²) in [6.45, 7) is 0.300. The number of hydrogen-bond donors (Lipinski definition) is 2. The van der Waals surface area contributed by atoms with E-state index in [1.807, 2.05) is 0 Å². The van der Waals surface area contributed by atoms with E-state index in [4.69, 9.17) is 0 Å². The zero-order valence-corrected chi connectivity index (χ0v) is 18.4. The number of halogens is 3. The molecule has 0 saturated heterocycles. The Kier molecular flexibility index (Phi) is 8.02. The van der Waals surface area contributed by atoms with Crippen molar-refractivity contribution >= 4 is 15.7 Å². The fourth-order valence-electron chi connectivity index (χ4n) is 4.57. The maximum atomic E-state index is 12.9. The third-order valence-corrected chi connectivity index (χ3v) is 8.23. The van der Waals surface area contributed by atoms with E-state index in [9.17, 15) is 26.4 Å². The summed E-state index contributed by atoms with van der Waals surface area (Å²) in [7, 11) is -3.80. The largest absolute Gasteiger partial charge is 0.416 e. The summed E-state index contributed by atoms with van der Waals surface area (Å²) >= 11 is 0. The van der Waals surface area contributed by atoms with Gasteiger partial charge in [-0.25, -0.2) is 8.42 Å². The van der Waals surface area contributed by atoms with Gasteiger partial charge >= 0.3 is 6.18 Å². The van der Waals surface area contributed by atoms with Crippen molar-refractivity contribution < 1.29 is 26.4 Å². The molecule has 5 nitrogen and oxygen atoms in total. The standard InChI is InChI=1S/C22H31F3N2O3S/c23-22(24,25)17-5-4-8-20(13-17)31(29,30)15-16-9-11-19(12-10-16)27-21(28)14-26-18-6-2-1-3-7-18/h4-5,8,13,16,18-19,26H,1-3,6-7,9-12,14-15H2,(H,27,28)/t16-,19-. The van der Waals surface area contributed by atoms with Crippen molar-refractivity contribution in [3.8, 4) is 0 Å². The summed E-state index contributed by atoms with van der Waals surface area (Å²) < 4.78 is 63.9. The van der Waals surface area contributed by atoms with Gasteiger partial charge in [0.05, 0.1) is 22.8 Å². The zero-order chi connectivity index (χ0) is 22.5. The molecule has 3 rings (SSSR count). The van der Waals surface area contributed by atoms with Crippen LogP contribution in [0.1, 0.15) is 63.4 Å². The molecule has 0 spiro atoms. The average molecular weight is 461 g/mol. The van der Waals surface area contributed by atoms with Gasteiger partial charge < -0.3 is 10.6 Å². The minimum atomic E-state index is -4.58. The van der Waals surface area contributed by atoms with Crippen molar-refractivity contribution in [3.63, 3.8) is 0 Å². The number of hydrogen-bond acceptors (Lipinski definition) is 4. The molecule has 0 aromatic heterocycles. The topological polar surface area (TPSA) is 75.3 Å². The monoisotopic (exact) mass is 460 g/mol. The van der Waals surface area contributed by atoms with Gasteiger partial charge in [-0.15, -0.1) is 0 Å². The third kappa shape index (κ3) is 7.20. The fourth-order valence-corrected chi connectivity index (χ4v) is 6.31. The minimum absolute atomic E-state index is 0.0215. The van der Waals surface area contributed by atoms with E-state index >= 15 is 0 Å². The molecule has 174 valence electrons. The van der Waals surface area contributed by atoms with Crippen molar-refractivity contribution in [2.45, 2.75) is 80.9 Å². The number of carbonyl (C=O) groups excluding carboxylic acids is 1. The van der Waals surface area contributed by atoms with E-state index < -0.39 is 21.6 Å². The van der Waals surface area contributed by atoms with Crippen molar-refractivity contribution in [1.82, 2.24) is 10.6 Å². The molecule has 9 heteroatoms. The van der Waals surface area contributed by atoms with Gasteiger partial charge in [-0.05, 0) is 62.6 Å². The van der Waals surface area contributed by atoms with Crippen LogP contribution in [0, 0.1) is 5.92 Å². The van der Waals surface area contributed by atoms with Crippen LogP contribution in [-0.2, 0) is 20.8 Å². The molecule has 2 aliphatic rings. The van der Waals surface area contributed by atoms with E-state index in [-0.39, 0.29) is 28.5 Å². The van der Waals surface area contributed by atoms with Gasteiger partial charge in [0.2, 0.25) is 5.91 Å². The molecule has 0 unspecified atom stereocenters. The molecule has 31 heavy (non-hydrogen) atoms. The van der Waals surface area contributed by atoms with Gasteiger partial charge in [-0.3, -0.25) is 4.79 Å². The summed E-state index contributed by atoms with van der Waals surface area (Å²) in [5.41, 5.74) is -0.957. The van der Waals surface area contributed by atoms with E-state index in [0.717, 1.165) is 25.0 Å². The van der Waals surface area contributed by atoms with Gasteiger partial charge in [0.25, 0.3) is 0 Å². The summed E-state index contributed by atoms with van der Waals surface area (Å²) in [6.07, 6.45) is 3.91. The number of alkyl halides is 3. The highest BCUT2D eigenvalue weighted by atomic mass is 32.2. The lowest BCUT2D eigenvalue weighted by Crippen LogP contribution is -2.45. The summed E-state index contributed by atoms with van der Waals surface area (Å²) in [4.78, 5) is 11.9. The Bertz CT molecular complexity index is 844. The molecule has 2 fully saturated rings. The zero-order valence-electron chi connectivity index (χ0n) is 17.6. The van der Waals surface area contributed by atoms with Crippen molar-refractivity contribution in [3.05, 3.63) is 29.8 Å². The predicted molar refractivity (Wildman–Crippen MR) is 112 cm³/mol. The Morgan fingerprint density at radius 3 is 2.29 bits per heavy atom. The van der Waals surface area contributed by atoms with Crippen LogP contribution < -0.4 is 10.6 Å². The Balaban J connectivity index is 1.44. The fraction of sp³-hybridized carbons (Fsp3) is 0.682. The molecule has 0 atom stereocenters. The highest BCUT2D eigenvalue weighted by Crippen LogP contribution is 2.32. The second-order valence-electron chi connectivity index (χ2n) is 8.81. The number of sulfone groups is 1. The molecular weight excluding hydrogens is 429 g/mol. The molecular formula is C22H31F3N2O3S. The van der Waals surface area contributed by atoms with Crippen LogP contribution in [0.3, 0.4) is 0 Å². The van der Waals surface area contributed by atoms with Gasteiger partial charge in [0, 0.05) is 12.1 Å². The first-order chi connectivity index (χ1) is 14.6. The molecule has 0 heterocycles. The number of benzene rings is 1. The molecule has 1 aromatic rings. The van der Waals surface area contributed by atoms with E-state index in [2.05, 4.69) is 10.6 Å². The Hall–Kier alpha value is -1.61. The van der Waals surface area contributed by atoms with Crippen LogP contribution >= 0.6 is 0 Å². The first kappa shape index (κ1) is 24.0.